The fourth-order valence-corrected chi connectivity index (χ4v) is 1.84. The number of primary amides is 1. The van der Waals surface area contributed by atoms with E-state index in [2.05, 4.69) is 0 Å². The topological polar surface area (TPSA) is 69.4 Å². The zero-order valence-corrected chi connectivity index (χ0v) is 10.4. The number of benzene rings is 2. The van der Waals surface area contributed by atoms with Gasteiger partial charge in [-0.3, -0.25) is 9.59 Å². The summed E-state index contributed by atoms with van der Waals surface area (Å²) in [6.45, 7) is 0. The molecule has 0 radical (unpaired) electrons. The van der Waals surface area contributed by atoms with Gasteiger partial charge in [0.2, 0.25) is 5.91 Å². The zero-order valence-electron chi connectivity index (χ0n) is 10.4. The molecule has 0 unspecified atom stereocenters. The van der Waals surface area contributed by atoms with E-state index in [1.54, 1.807) is 49.6 Å². The number of nitrogens with two attached hydrogens (primary N) is 1. The van der Waals surface area contributed by atoms with Crippen molar-refractivity contribution in [3.63, 3.8) is 0 Å². The van der Waals surface area contributed by atoms with Crippen LogP contribution in [0, 0.1) is 0 Å². The van der Waals surface area contributed by atoms with Gasteiger partial charge in [-0.15, -0.1) is 0 Å². The second kappa shape index (κ2) is 5.35. The number of carbonyl (C=O) groups excluding carboxylic acids is 2. The predicted molar refractivity (Wildman–Crippen MR) is 72.3 cm³/mol. The van der Waals surface area contributed by atoms with Crippen molar-refractivity contribution in [2.75, 3.05) is 7.11 Å². The number of ether oxygens (including phenoxy) is 1. The molecule has 0 aliphatic rings. The van der Waals surface area contributed by atoms with Gasteiger partial charge in [0.25, 0.3) is 0 Å². The minimum atomic E-state index is -0.472. The largest absolute Gasteiger partial charge is 0.496 e. The summed E-state index contributed by atoms with van der Waals surface area (Å²) in [5.74, 6) is 0.192. The molecule has 2 aromatic carbocycles. The van der Waals surface area contributed by atoms with Crippen LogP contribution in [0.25, 0.3) is 11.1 Å². The molecular weight excluding hydrogens is 242 g/mol. The maximum atomic E-state index is 11.0. The molecular formula is C15H13NO3. The predicted octanol–water partition coefficient (Wildman–Crippen LogP) is 2.27. The van der Waals surface area contributed by atoms with E-state index in [4.69, 9.17) is 10.5 Å². The number of methoxy groups -OCH3 is 1. The standard InChI is InChI=1S/C15H13NO3/c1-19-14-7-2-10(9-17)8-13(14)11-3-5-12(6-4-11)15(16)18/h2-9H,1H3,(H2,16,18). The number of aldehydes is 1. The van der Waals surface area contributed by atoms with Crippen LogP contribution in [0.15, 0.2) is 42.5 Å². The lowest BCUT2D eigenvalue weighted by molar-refractivity contribution is 0.1000. The van der Waals surface area contributed by atoms with Gasteiger partial charge in [-0.2, -0.15) is 0 Å². The molecule has 0 aliphatic carbocycles. The lowest BCUT2D eigenvalue weighted by Crippen LogP contribution is -2.10. The highest BCUT2D eigenvalue weighted by molar-refractivity contribution is 5.93. The third kappa shape index (κ3) is 2.63. The van der Waals surface area contributed by atoms with Gasteiger partial charge in [-0.1, -0.05) is 12.1 Å². The molecule has 2 aromatic rings. The van der Waals surface area contributed by atoms with Crippen LogP contribution < -0.4 is 10.5 Å². The van der Waals surface area contributed by atoms with Crippen molar-refractivity contribution >= 4 is 12.2 Å². The number of hydrogen-bond donors (Lipinski definition) is 1. The highest BCUT2D eigenvalue weighted by Gasteiger charge is 2.08. The fraction of sp³-hybridized carbons (Fsp3) is 0.0667. The molecule has 2 N–H and O–H groups in total. The number of rotatable bonds is 4. The van der Waals surface area contributed by atoms with Crippen molar-refractivity contribution in [1.82, 2.24) is 0 Å². The first-order valence-electron chi connectivity index (χ1n) is 5.69. The van der Waals surface area contributed by atoms with E-state index in [1.807, 2.05) is 0 Å². The molecule has 0 saturated carbocycles. The van der Waals surface area contributed by atoms with Gasteiger partial charge < -0.3 is 10.5 Å². The van der Waals surface area contributed by atoms with Crippen molar-refractivity contribution in [1.29, 1.82) is 0 Å². The SMILES string of the molecule is COc1ccc(C=O)cc1-c1ccc(C(N)=O)cc1. The highest BCUT2D eigenvalue weighted by Crippen LogP contribution is 2.30. The molecule has 4 nitrogen and oxygen atoms in total. The van der Waals surface area contributed by atoms with Crippen molar-refractivity contribution in [3.8, 4) is 16.9 Å². The van der Waals surface area contributed by atoms with E-state index >= 15 is 0 Å². The number of carbonyl (C=O) groups is 2. The van der Waals surface area contributed by atoms with Gasteiger partial charge >= 0.3 is 0 Å². The second-order valence-electron chi connectivity index (χ2n) is 4.02. The molecule has 0 aromatic heterocycles. The normalized spacial score (nSPS) is 9.95. The summed E-state index contributed by atoms with van der Waals surface area (Å²) in [7, 11) is 1.57. The Balaban J connectivity index is 2.50. The van der Waals surface area contributed by atoms with Gasteiger partial charge in [-0.25, -0.2) is 0 Å². The van der Waals surface area contributed by atoms with Crippen LogP contribution in [0.1, 0.15) is 20.7 Å². The molecule has 19 heavy (non-hydrogen) atoms. The molecule has 0 atom stereocenters. The van der Waals surface area contributed by atoms with Crippen LogP contribution in [0.5, 0.6) is 5.75 Å². The van der Waals surface area contributed by atoms with Gasteiger partial charge in [-0.05, 0) is 35.9 Å². The summed E-state index contributed by atoms with van der Waals surface area (Å²) >= 11 is 0. The van der Waals surface area contributed by atoms with Crippen LogP contribution in [-0.2, 0) is 0 Å². The molecule has 0 aliphatic heterocycles. The Labute approximate surface area is 110 Å². The Morgan fingerprint density at radius 1 is 1.16 bits per heavy atom. The molecule has 0 saturated heterocycles. The minimum absolute atomic E-state index is 0.439. The summed E-state index contributed by atoms with van der Waals surface area (Å²) in [6, 6.07) is 12.0. The van der Waals surface area contributed by atoms with Crippen LogP contribution >= 0.6 is 0 Å². The Bertz CT molecular complexity index is 618. The zero-order chi connectivity index (χ0) is 13.8. The average Bonchev–Trinajstić information content (AvgIpc) is 2.46. The summed E-state index contributed by atoms with van der Waals surface area (Å²) in [5, 5.41) is 0. The quantitative estimate of drug-likeness (QED) is 0.852. The first-order chi connectivity index (χ1) is 9.15. The first-order valence-corrected chi connectivity index (χ1v) is 5.69. The van der Waals surface area contributed by atoms with Gasteiger partial charge in [0.05, 0.1) is 7.11 Å². The van der Waals surface area contributed by atoms with Gasteiger partial charge in [0.15, 0.2) is 0 Å². The van der Waals surface area contributed by atoms with Crippen LogP contribution in [0.3, 0.4) is 0 Å². The summed E-state index contributed by atoms with van der Waals surface area (Å²) in [6.07, 6.45) is 0.778. The molecule has 0 heterocycles. The molecule has 0 bridgehead atoms. The lowest BCUT2D eigenvalue weighted by Gasteiger charge is -2.09. The molecule has 96 valence electrons. The lowest BCUT2D eigenvalue weighted by atomic mass is 10.0. The fourth-order valence-electron chi connectivity index (χ4n) is 1.84. The van der Waals surface area contributed by atoms with E-state index in [0.717, 1.165) is 17.4 Å². The highest BCUT2D eigenvalue weighted by atomic mass is 16.5. The Hall–Kier alpha value is -2.62. The molecule has 4 heteroatoms. The molecule has 2 rings (SSSR count). The number of amides is 1. The maximum absolute atomic E-state index is 11.0. The van der Waals surface area contributed by atoms with E-state index in [0.29, 0.717) is 16.9 Å². The third-order valence-corrected chi connectivity index (χ3v) is 2.84. The molecule has 0 spiro atoms. The summed E-state index contributed by atoms with van der Waals surface area (Å²) < 4.78 is 5.27. The smallest absolute Gasteiger partial charge is 0.248 e. The van der Waals surface area contributed by atoms with E-state index < -0.39 is 5.91 Å². The maximum Gasteiger partial charge on any atom is 0.248 e. The molecule has 0 fully saturated rings. The molecule has 1 amide bonds. The van der Waals surface area contributed by atoms with Gasteiger partial charge in [0, 0.05) is 16.7 Å². The Kier molecular flexibility index (Phi) is 3.61. The van der Waals surface area contributed by atoms with Crippen LogP contribution in [0.2, 0.25) is 0 Å². The van der Waals surface area contributed by atoms with E-state index in [9.17, 15) is 9.59 Å². The van der Waals surface area contributed by atoms with Crippen LogP contribution in [0.4, 0.5) is 0 Å². The second-order valence-corrected chi connectivity index (χ2v) is 4.02. The van der Waals surface area contributed by atoms with Gasteiger partial charge in [0.1, 0.15) is 12.0 Å². The Morgan fingerprint density at radius 3 is 2.37 bits per heavy atom. The number of hydrogen-bond acceptors (Lipinski definition) is 3. The summed E-state index contributed by atoms with van der Waals surface area (Å²) in [5.41, 5.74) is 7.84. The van der Waals surface area contributed by atoms with Crippen molar-refractivity contribution in [2.24, 2.45) is 5.73 Å². The first kappa shape index (κ1) is 12.8. The Morgan fingerprint density at radius 2 is 1.84 bits per heavy atom. The monoisotopic (exact) mass is 255 g/mol. The van der Waals surface area contributed by atoms with Crippen molar-refractivity contribution in [3.05, 3.63) is 53.6 Å². The average molecular weight is 255 g/mol. The van der Waals surface area contributed by atoms with Crippen molar-refractivity contribution < 1.29 is 14.3 Å². The summed E-state index contributed by atoms with van der Waals surface area (Å²) in [4.78, 5) is 21.9. The van der Waals surface area contributed by atoms with E-state index in [1.165, 1.54) is 0 Å². The van der Waals surface area contributed by atoms with Crippen LogP contribution in [-0.4, -0.2) is 19.3 Å². The minimum Gasteiger partial charge on any atom is -0.496 e. The van der Waals surface area contributed by atoms with E-state index in [-0.39, 0.29) is 0 Å². The van der Waals surface area contributed by atoms with Crippen molar-refractivity contribution in [2.45, 2.75) is 0 Å². The third-order valence-electron chi connectivity index (χ3n) is 2.84.